The Hall–Kier alpha value is -0.570. The van der Waals surface area contributed by atoms with Crippen molar-refractivity contribution in [2.75, 3.05) is 27.2 Å². The van der Waals surface area contributed by atoms with Crippen molar-refractivity contribution >= 4 is 5.97 Å². The summed E-state index contributed by atoms with van der Waals surface area (Å²) in [5, 5.41) is 0. The average molecular weight is 201 g/mol. The highest BCUT2D eigenvalue weighted by atomic mass is 16.5. The molecule has 84 valence electrons. The summed E-state index contributed by atoms with van der Waals surface area (Å²) in [4.78, 5) is 13.3. The molecule has 0 aromatic rings. The van der Waals surface area contributed by atoms with Gasteiger partial charge in [-0.1, -0.05) is 13.3 Å². The maximum atomic E-state index is 11.1. The molecule has 0 spiro atoms. The van der Waals surface area contributed by atoms with Crippen molar-refractivity contribution in [1.29, 1.82) is 0 Å². The molecule has 0 aliphatic rings. The van der Waals surface area contributed by atoms with Gasteiger partial charge in [0.25, 0.3) is 0 Å². The van der Waals surface area contributed by atoms with E-state index in [0.29, 0.717) is 13.0 Å². The molecular formula is C11H23NO2. The highest BCUT2D eigenvalue weighted by Gasteiger charge is 2.01. The first-order chi connectivity index (χ1) is 6.66. The van der Waals surface area contributed by atoms with Gasteiger partial charge in [-0.2, -0.15) is 0 Å². The lowest BCUT2D eigenvalue weighted by Crippen LogP contribution is -2.13. The van der Waals surface area contributed by atoms with Crippen LogP contribution in [0.25, 0.3) is 0 Å². The number of carbonyl (C=O) groups excluding carboxylic acids is 1. The van der Waals surface area contributed by atoms with Crippen molar-refractivity contribution in [2.45, 2.75) is 39.0 Å². The van der Waals surface area contributed by atoms with E-state index in [1.807, 2.05) is 14.1 Å². The molecule has 0 rings (SSSR count). The summed E-state index contributed by atoms with van der Waals surface area (Å²) in [6.45, 7) is 3.72. The summed E-state index contributed by atoms with van der Waals surface area (Å²) in [7, 11) is 4.08. The van der Waals surface area contributed by atoms with E-state index in [1.54, 1.807) is 0 Å². The van der Waals surface area contributed by atoms with Crippen molar-refractivity contribution in [3.8, 4) is 0 Å². The second-order valence-electron chi connectivity index (χ2n) is 3.83. The summed E-state index contributed by atoms with van der Waals surface area (Å²) in [5.74, 6) is -0.0443. The fraction of sp³-hybridized carbons (Fsp3) is 0.909. The van der Waals surface area contributed by atoms with E-state index in [2.05, 4.69) is 11.8 Å². The van der Waals surface area contributed by atoms with Crippen molar-refractivity contribution in [3.63, 3.8) is 0 Å². The van der Waals surface area contributed by atoms with E-state index in [0.717, 1.165) is 32.2 Å². The molecule has 0 saturated carbocycles. The molecule has 0 bridgehead atoms. The Kier molecular flexibility index (Phi) is 8.64. The molecule has 0 N–H and O–H groups in total. The van der Waals surface area contributed by atoms with Crippen LogP contribution < -0.4 is 0 Å². The third-order valence-electron chi connectivity index (χ3n) is 2.00. The van der Waals surface area contributed by atoms with E-state index in [9.17, 15) is 4.79 Å². The lowest BCUT2D eigenvalue weighted by atomic mass is 10.2. The molecular weight excluding hydrogens is 178 g/mol. The van der Waals surface area contributed by atoms with E-state index in [1.165, 1.54) is 0 Å². The number of ether oxygens (including phenoxy) is 1. The third kappa shape index (κ3) is 9.52. The normalized spacial score (nSPS) is 10.6. The SMILES string of the molecule is CCCCOC(=O)CCCCN(C)C. The smallest absolute Gasteiger partial charge is 0.305 e. The Bertz CT molecular complexity index is 146. The minimum Gasteiger partial charge on any atom is -0.466 e. The van der Waals surface area contributed by atoms with Crippen LogP contribution in [0.4, 0.5) is 0 Å². The van der Waals surface area contributed by atoms with Gasteiger partial charge >= 0.3 is 5.97 Å². The van der Waals surface area contributed by atoms with Crippen molar-refractivity contribution in [2.24, 2.45) is 0 Å². The summed E-state index contributed by atoms with van der Waals surface area (Å²) in [6.07, 6.45) is 4.62. The largest absolute Gasteiger partial charge is 0.466 e. The number of unbranched alkanes of at least 4 members (excludes halogenated alkanes) is 2. The maximum absolute atomic E-state index is 11.1. The summed E-state index contributed by atoms with van der Waals surface area (Å²) in [5.41, 5.74) is 0. The molecule has 14 heavy (non-hydrogen) atoms. The number of nitrogens with zero attached hydrogens (tertiary/aromatic N) is 1. The Morgan fingerprint density at radius 1 is 1.21 bits per heavy atom. The van der Waals surface area contributed by atoms with Crippen molar-refractivity contribution in [1.82, 2.24) is 4.90 Å². The predicted molar refractivity (Wildman–Crippen MR) is 58.3 cm³/mol. The molecule has 0 aliphatic heterocycles. The fourth-order valence-corrected chi connectivity index (χ4v) is 1.10. The Morgan fingerprint density at radius 3 is 2.50 bits per heavy atom. The second-order valence-corrected chi connectivity index (χ2v) is 3.83. The number of carbonyl (C=O) groups is 1. The molecule has 0 aromatic carbocycles. The quantitative estimate of drug-likeness (QED) is 0.445. The Labute approximate surface area is 87.4 Å². The zero-order valence-electron chi connectivity index (χ0n) is 9.71. The first-order valence-corrected chi connectivity index (χ1v) is 5.47. The van der Waals surface area contributed by atoms with Crippen LogP contribution in [0.3, 0.4) is 0 Å². The summed E-state index contributed by atoms with van der Waals surface area (Å²) < 4.78 is 5.04. The van der Waals surface area contributed by atoms with Gasteiger partial charge in [0.1, 0.15) is 0 Å². The molecule has 0 radical (unpaired) electrons. The molecule has 0 amide bonds. The number of hydrogen-bond donors (Lipinski definition) is 0. The highest BCUT2D eigenvalue weighted by molar-refractivity contribution is 5.69. The minimum atomic E-state index is -0.0443. The van der Waals surface area contributed by atoms with E-state index >= 15 is 0 Å². The number of hydrogen-bond acceptors (Lipinski definition) is 3. The van der Waals surface area contributed by atoms with Crippen LogP contribution in [0.5, 0.6) is 0 Å². The molecule has 3 heteroatoms. The van der Waals surface area contributed by atoms with Gasteiger partial charge in [0.2, 0.25) is 0 Å². The third-order valence-corrected chi connectivity index (χ3v) is 2.00. The first-order valence-electron chi connectivity index (χ1n) is 5.47. The molecule has 0 saturated heterocycles. The zero-order chi connectivity index (χ0) is 10.8. The van der Waals surface area contributed by atoms with Crippen LogP contribution in [0, 0.1) is 0 Å². The number of esters is 1. The Morgan fingerprint density at radius 2 is 1.93 bits per heavy atom. The fourth-order valence-electron chi connectivity index (χ4n) is 1.10. The standard InChI is InChI=1S/C11H23NO2/c1-4-5-10-14-11(13)8-6-7-9-12(2)3/h4-10H2,1-3H3. The van der Waals surface area contributed by atoms with Gasteiger partial charge in [-0.15, -0.1) is 0 Å². The average Bonchev–Trinajstić information content (AvgIpc) is 2.13. The second kappa shape index (κ2) is 9.00. The summed E-state index contributed by atoms with van der Waals surface area (Å²) in [6, 6.07) is 0. The van der Waals surface area contributed by atoms with Crippen LogP contribution in [-0.2, 0) is 9.53 Å². The minimum absolute atomic E-state index is 0.0443. The lowest BCUT2D eigenvalue weighted by Gasteiger charge is -2.08. The van der Waals surface area contributed by atoms with Gasteiger partial charge in [0.15, 0.2) is 0 Å². The molecule has 0 aliphatic carbocycles. The van der Waals surface area contributed by atoms with Crippen LogP contribution in [-0.4, -0.2) is 38.1 Å². The zero-order valence-corrected chi connectivity index (χ0v) is 9.71. The molecule has 0 heterocycles. The molecule has 0 aromatic heterocycles. The topological polar surface area (TPSA) is 29.5 Å². The van der Waals surface area contributed by atoms with Crippen LogP contribution in [0.1, 0.15) is 39.0 Å². The van der Waals surface area contributed by atoms with Gasteiger partial charge in [-0.05, 0) is 39.9 Å². The van der Waals surface area contributed by atoms with E-state index in [-0.39, 0.29) is 5.97 Å². The molecule has 3 nitrogen and oxygen atoms in total. The van der Waals surface area contributed by atoms with Gasteiger partial charge < -0.3 is 9.64 Å². The van der Waals surface area contributed by atoms with Crippen LogP contribution >= 0.6 is 0 Å². The highest BCUT2D eigenvalue weighted by Crippen LogP contribution is 1.99. The Balaban J connectivity index is 3.18. The predicted octanol–water partition coefficient (Wildman–Crippen LogP) is 2.06. The maximum Gasteiger partial charge on any atom is 0.305 e. The van der Waals surface area contributed by atoms with Crippen LogP contribution in [0.15, 0.2) is 0 Å². The lowest BCUT2D eigenvalue weighted by molar-refractivity contribution is -0.143. The van der Waals surface area contributed by atoms with Gasteiger partial charge in [0, 0.05) is 6.42 Å². The van der Waals surface area contributed by atoms with Crippen LogP contribution in [0.2, 0.25) is 0 Å². The summed E-state index contributed by atoms with van der Waals surface area (Å²) >= 11 is 0. The van der Waals surface area contributed by atoms with E-state index in [4.69, 9.17) is 4.74 Å². The molecule has 0 unspecified atom stereocenters. The molecule has 0 fully saturated rings. The van der Waals surface area contributed by atoms with Gasteiger partial charge in [0.05, 0.1) is 6.61 Å². The van der Waals surface area contributed by atoms with Crippen molar-refractivity contribution < 1.29 is 9.53 Å². The van der Waals surface area contributed by atoms with Crippen molar-refractivity contribution in [3.05, 3.63) is 0 Å². The van der Waals surface area contributed by atoms with E-state index < -0.39 is 0 Å². The van der Waals surface area contributed by atoms with Gasteiger partial charge in [-0.3, -0.25) is 4.79 Å². The first kappa shape index (κ1) is 13.4. The van der Waals surface area contributed by atoms with Gasteiger partial charge in [-0.25, -0.2) is 0 Å². The molecule has 0 atom stereocenters. The monoisotopic (exact) mass is 201 g/mol. The number of rotatable bonds is 8.